The van der Waals surface area contributed by atoms with Gasteiger partial charge in [0.2, 0.25) is 0 Å². The van der Waals surface area contributed by atoms with E-state index in [1.54, 1.807) is 24.9 Å². The maximum absolute atomic E-state index is 4.24. The molecule has 154 valence electrons. The Morgan fingerprint density at radius 3 is 2.23 bits per heavy atom. The van der Waals surface area contributed by atoms with E-state index in [4.69, 9.17) is 0 Å². The molecule has 9 heteroatoms. The van der Waals surface area contributed by atoms with Crippen molar-refractivity contribution in [3.05, 3.63) is 91.8 Å². The SMILES string of the molecule is c1ccc(C2NCCN2)nc1.c1ccc2ncncc2c1.c1cnc2ncncc2n1. The van der Waals surface area contributed by atoms with Gasteiger partial charge in [-0.3, -0.25) is 15.6 Å². The van der Waals surface area contributed by atoms with Gasteiger partial charge in [-0.2, -0.15) is 0 Å². The maximum atomic E-state index is 4.24. The number of fused-ring (bicyclic) bond motifs is 2. The Morgan fingerprint density at radius 2 is 1.42 bits per heavy atom. The lowest BCUT2D eigenvalue weighted by atomic mass is 10.2. The van der Waals surface area contributed by atoms with E-state index >= 15 is 0 Å². The topological polar surface area (TPSA) is 114 Å². The Bertz CT molecular complexity index is 1010. The van der Waals surface area contributed by atoms with Crippen LogP contribution in [0.5, 0.6) is 0 Å². The number of hydrogen-bond acceptors (Lipinski definition) is 9. The molecule has 2 N–H and O–H groups in total. The van der Waals surface area contributed by atoms with Gasteiger partial charge in [0.1, 0.15) is 24.3 Å². The third kappa shape index (κ3) is 5.78. The van der Waals surface area contributed by atoms with Crippen molar-refractivity contribution in [2.45, 2.75) is 6.17 Å². The largest absolute Gasteiger partial charge is 0.296 e. The molecule has 0 atom stereocenters. The van der Waals surface area contributed by atoms with Gasteiger partial charge in [0, 0.05) is 43.3 Å². The summed E-state index contributed by atoms with van der Waals surface area (Å²) in [5.41, 5.74) is 3.44. The molecule has 4 aromatic heterocycles. The zero-order valence-corrected chi connectivity index (χ0v) is 16.7. The quantitative estimate of drug-likeness (QED) is 0.429. The Hall–Kier alpha value is -3.95. The van der Waals surface area contributed by atoms with Crippen molar-refractivity contribution in [2.24, 2.45) is 0 Å². The highest BCUT2D eigenvalue weighted by atomic mass is 15.2. The number of pyridine rings is 1. The van der Waals surface area contributed by atoms with Crippen molar-refractivity contribution < 1.29 is 0 Å². The van der Waals surface area contributed by atoms with Gasteiger partial charge in [-0.1, -0.05) is 24.3 Å². The highest BCUT2D eigenvalue weighted by Crippen LogP contribution is 2.07. The molecule has 1 aromatic carbocycles. The van der Waals surface area contributed by atoms with E-state index in [2.05, 4.69) is 45.5 Å². The highest BCUT2D eigenvalue weighted by Gasteiger charge is 2.14. The van der Waals surface area contributed by atoms with Gasteiger partial charge < -0.3 is 0 Å². The lowest BCUT2D eigenvalue weighted by Crippen LogP contribution is -2.21. The van der Waals surface area contributed by atoms with Crippen LogP contribution in [0.2, 0.25) is 0 Å². The van der Waals surface area contributed by atoms with Gasteiger partial charge in [-0.15, -0.1) is 0 Å². The zero-order valence-electron chi connectivity index (χ0n) is 16.7. The first-order chi connectivity index (χ1) is 15.4. The maximum Gasteiger partial charge on any atom is 0.181 e. The minimum atomic E-state index is 0.260. The Balaban J connectivity index is 0.000000112. The van der Waals surface area contributed by atoms with E-state index in [9.17, 15) is 0 Å². The summed E-state index contributed by atoms with van der Waals surface area (Å²) in [7, 11) is 0. The predicted molar refractivity (Wildman–Crippen MR) is 118 cm³/mol. The molecular formula is C22H21N9. The Labute approximate surface area is 179 Å². The second-order valence-electron chi connectivity index (χ2n) is 6.47. The molecular weight excluding hydrogens is 390 g/mol. The number of rotatable bonds is 1. The van der Waals surface area contributed by atoms with Crippen LogP contribution in [-0.2, 0) is 0 Å². The summed E-state index contributed by atoms with van der Waals surface area (Å²) in [6.07, 6.45) is 11.8. The number of nitrogens with zero attached hydrogens (tertiary/aromatic N) is 7. The Morgan fingerprint density at radius 1 is 0.645 bits per heavy atom. The minimum absolute atomic E-state index is 0.260. The Kier molecular flexibility index (Phi) is 7.03. The number of hydrogen-bond donors (Lipinski definition) is 2. The first-order valence-corrected chi connectivity index (χ1v) is 9.79. The van der Waals surface area contributed by atoms with Crippen molar-refractivity contribution in [3.63, 3.8) is 0 Å². The molecule has 0 saturated carbocycles. The summed E-state index contributed by atoms with van der Waals surface area (Å²) < 4.78 is 0. The van der Waals surface area contributed by atoms with Crippen molar-refractivity contribution in [2.75, 3.05) is 13.1 Å². The van der Waals surface area contributed by atoms with Crippen LogP contribution >= 0.6 is 0 Å². The fraction of sp³-hybridized carbons (Fsp3) is 0.136. The molecule has 5 aromatic rings. The van der Waals surface area contributed by atoms with Crippen LogP contribution in [0.1, 0.15) is 11.9 Å². The van der Waals surface area contributed by atoms with E-state index in [1.807, 2.05) is 54.9 Å². The lowest BCUT2D eigenvalue weighted by Gasteiger charge is -2.08. The molecule has 0 radical (unpaired) electrons. The molecule has 9 nitrogen and oxygen atoms in total. The van der Waals surface area contributed by atoms with E-state index in [1.165, 1.54) is 6.33 Å². The van der Waals surface area contributed by atoms with E-state index in [0.717, 1.165) is 35.2 Å². The molecule has 1 saturated heterocycles. The molecule has 1 aliphatic rings. The molecule has 1 aliphatic heterocycles. The van der Waals surface area contributed by atoms with Crippen LogP contribution in [0.15, 0.2) is 86.1 Å². The van der Waals surface area contributed by atoms with Gasteiger partial charge in [0.15, 0.2) is 5.65 Å². The van der Waals surface area contributed by atoms with Crippen LogP contribution in [0.3, 0.4) is 0 Å². The standard InChI is InChI=1S/C8H11N3.C8H6N2.C6H4N4/c1-2-4-9-7(3-1)8-10-5-6-11-8;1-2-4-8-7(3-1)5-9-6-10-8;1-2-9-6-5(8-1)3-7-4-10-6/h1-4,8,10-11H,5-6H2;1-6H;1-4H. The van der Waals surface area contributed by atoms with Gasteiger partial charge in [0.05, 0.1) is 17.4 Å². The average molecular weight is 411 g/mol. The summed E-state index contributed by atoms with van der Waals surface area (Å²) in [5.74, 6) is 0. The van der Waals surface area contributed by atoms with Crippen LogP contribution in [0, 0.1) is 0 Å². The van der Waals surface area contributed by atoms with Crippen LogP contribution in [0.4, 0.5) is 0 Å². The highest BCUT2D eigenvalue weighted by molar-refractivity contribution is 5.76. The monoisotopic (exact) mass is 411 g/mol. The molecule has 6 rings (SSSR count). The zero-order chi connectivity index (χ0) is 21.1. The normalized spacial score (nSPS) is 13.2. The second-order valence-corrected chi connectivity index (χ2v) is 6.47. The first-order valence-electron chi connectivity index (χ1n) is 9.79. The molecule has 0 aliphatic carbocycles. The number of para-hydroxylation sites is 1. The summed E-state index contributed by atoms with van der Waals surface area (Å²) in [6.45, 7) is 2.06. The lowest BCUT2D eigenvalue weighted by molar-refractivity contribution is 0.571. The summed E-state index contributed by atoms with van der Waals surface area (Å²) in [6, 6.07) is 13.9. The van der Waals surface area contributed by atoms with E-state index < -0.39 is 0 Å². The fourth-order valence-electron chi connectivity index (χ4n) is 2.91. The molecule has 1 fully saturated rings. The van der Waals surface area contributed by atoms with Crippen molar-refractivity contribution in [1.82, 2.24) is 45.5 Å². The van der Waals surface area contributed by atoms with E-state index in [0.29, 0.717) is 5.65 Å². The third-order valence-electron chi connectivity index (χ3n) is 4.37. The van der Waals surface area contributed by atoms with Crippen LogP contribution < -0.4 is 10.6 Å². The van der Waals surface area contributed by atoms with Crippen LogP contribution in [-0.4, -0.2) is 48.0 Å². The average Bonchev–Trinajstić information content (AvgIpc) is 3.41. The first kappa shape index (κ1) is 20.3. The van der Waals surface area contributed by atoms with E-state index in [-0.39, 0.29) is 6.17 Å². The van der Waals surface area contributed by atoms with Crippen LogP contribution in [0.25, 0.3) is 22.1 Å². The minimum Gasteiger partial charge on any atom is -0.296 e. The molecule has 31 heavy (non-hydrogen) atoms. The van der Waals surface area contributed by atoms with Crippen molar-refractivity contribution >= 4 is 22.1 Å². The molecule has 0 spiro atoms. The summed E-state index contributed by atoms with van der Waals surface area (Å²) >= 11 is 0. The van der Waals surface area contributed by atoms with Gasteiger partial charge in [-0.25, -0.2) is 29.9 Å². The summed E-state index contributed by atoms with van der Waals surface area (Å²) in [4.78, 5) is 27.9. The molecule has 5 heterocycles. The van der Waals surface area contributed by atoms with Gasteiger partial charge >= 0.3 is 0 Å². The smallest absolute Gasteiger partial charge is 0.181 e. The van der Waals surface area contributed by atoms with Crippen molar-refractivity contribution in [1.29, 1.82) is 0 Å². The number of benzene rings is 1. The fourth-order valence-corrected chi connectivity index (χ4v) is 2.91. The predicted octanol–water partition coefficient (Wildman–Crippen LogP) is 2.32. The second kappa shape index (κ2) is 10.7. The van der Waals surface area contributed by atoms with Gasteiger partial charge in [-0.05, 0) is 18.2 Å². The molecule has 0 unspecified atom stereocenters. The number of nitrogens with one attached hydrogen (secondary N) is 2. The van der Waals surface area contributed by atoms with Gasteiger partial charge in [0.25, 0.3) is 0 Å². The molecule has 0 amide bonds. The summed E-state index contributed by atoms with van der Waals surface area (Å²) in [5, 5.41) is 7.69. The molecule has 0 bridgehead atoms. The number of aromatic nitrogens is 7. The third-order valence-corrected chi connectivity index (χ3v) is 4.37. The van der Waals surface area contributed by atoms with Crippen molar-refractivity contribution in [3.8, 4) is 0 Å².